The maximum absolute atomic E-state index is 5.75. The van der Waals surface area contributed by atoms with E-state index in [1.165, 1.54) is 11.4 Å². The van der Waals surface area contributed by atoms with Gasteiger partial charge in [-0.25, -0.2) is 0 Å². The zero-order chi connectivity index (χ0) is 11.5. The summed E-state index contributed by atoms with van der Waals surface area (Å²) in [7, 11) is 0. The largest absolute Gasteiger partial charge is 0.352 e. The molecule has 1 aromatic carbocycles. The van der Waals surface area contributed by atoms with Crippen LogP contribution in [0.3, 0.4) is 0 Å². The lowest BCUT2D eigenvalue weighted by Gasteiger charge is -2.21. The van der Waals surface area contributed by atoms with Crippen LogP contribution < -0.4 is 9.80 Å². The number of para-hydroxylation sites is 2. The second-order valence-electron chi connectivity index (χ2n) is 4.10. The molecule has 1 aliphatic rings. The fourth-order valence-electron chi connectivity index (χ4n) is 2.05. The molecule has 0 atom stereocenters. The van der Waals surface area contributed by atoms with E-state index in [0.29, 0.717) is 5.88 Å². The number of halogens is 1. The first-order chi connectivity index (χ1) is 7.74. The van der Waals surface area contributed by atoms with Gasteiger partial charge in [-0.1, -0.05) is 18.7 Å². The highest BCUT2D eigenvalue weighted by molar-refractivity contribution is 6.17. The van der Waals surface area contributed by atoms with Gasteiger partial charge < -0.3 is 9.80 Å². The van der Waals surface area contributed by atoms with E-state index in [9.17, 15) is 0 Å². The Labute approximate surface area is 102 Å². The van der Waals surface area contributed by atoms with Crippen LogP contribution in [-0.4, -0.2) is 19.1 Å². The molecule has 1 heterocycles. The average Bonchev–Trinajstić information content (AvgIpc) is 2.65. The second kappa shape index (κ2) is 4.79. The van der Waals surface area contributed by atoms with Crippen molar-refractivity contribution in [3.8, 4) is 0 Å². The highest BCUT2D eigenvalue weighted by Gasteiger charge is 2.24. The molecular weight excluding hydrogens is 220 g/mol. The van der Waals surface area contributed by atoms with Gasteiger partial charge in [0.1, 0.15) is 0 Å². The molecule has 0 saturated heterocycles. The third kappa shape index (κ3) is 2.03. The molecule has 0 amide bonds. The van der Waals surface area contributed by atoms with E-state index in [1.807, 2.05) is 6.92 Å². The Morgan fingerprint density at radius 3 is 2.69 bits per heavy atom. The Hall–Kier alpha value is -1.15. The van der Waals surface area contributed by atoms with Gasteiger partial charge in [-0.2, -0.15) is 0 Å². The van der Waals surface area contributed by atoms with Gasteiger partial charge in [0.25, 0.3) is 0 Å². The first-order valence-electron chi connectivity index (χ1n) is 5.57. The van der Waals surface area contributed by atoms with E-state index in [4.69, 9.17) is 11.6 Å². The molecule has 1 aliphatic heterocycles. The van der Waals surface area contributed by atoms with Gasteiger partial charge in [0.05, 0.1) is 18.0 Å². The summed E-state index contributed by atoms with van der Waals surface area (Å²) in [6, 6.07) is 8.45. The van der Waals surface area contributed by atoms with E-state index >= 15 is 0 Å². The first kappa shape index (κ1) is 11.3. The number of nitrogens with zero attached hydrogens (tertiary/aromatic N) is 2. The van der Waals surface area contributed by atoms with E-state index < -0.39 is 0 Å². The van der Waals surface area contributed by atoms with Crippen molar-refractivity contribution in [3.05, 3.63) is 36.5 Å². The summed E-state index contributed by atoms with van der Waals surface area (Å²) < 4.78 is 0. The minimum absolute atomic E-state index is 0.714. The summed E-state index contributed by atoms with van der Waals surface area (Å²) in [5.74, 6) is 0.714. The van der Waals surface area contributed by atoms with Crippen molar-refractivity contribution in [3.63, 3.8) is 0 Å². The number of hydrogen-bond acceptors (Lipinski definition) is 2. The molecule has 0 aliphatic carbocycles. The van der Waals surface area contributed by atoms with Gasteiger partial charge in [0.2, 0.25) is 0 Å². The number of rotatable bonds is 4. The predicted molar refractivity (Wildman–Crippen MR) is 71.3 cm³/mol. The molecule has 16 heavy (non-hydrogen) atoms. The summed E-state index contributed by atoms with van der Waals surface area (Å²) in [4.78, 5) is 4.59. The monoisotopic (exact) mass is 236 g/mol. The van der Waals surface area contributed by atoms with Crippen molar-refractivity contribution in [1.82, 2.24) is 0 Å². The maximum Gasteiger partial charge on any atom is 0.0949 e. The molecule has 0 unspecified atom stereocenters. The highest BCUT2D eigenvalue weighted by Crippen LogP contribution is 2.37. The quantitative estimate of drug-likeness (QED) is 0.739. The molecule has 0 N–H and O–H groups in total. The van der Waals surface area contributed by atoms with Gasteiger partial charge in [0.15, 0.2) is 0 Å². The summed E-state index contributed by atoms with van der Waals surface area (Å²) in [6.07, 6.45) is 1.01. The van der Waals surface area contributed by atoms with Crippen LogP contribution in [0.1, 0.15) is 13.3 Å². The smallest absolute Gasteiger partial charge is 0.0949 e. The van der Waals surface area contributed by atoms with Crippen LogP contribution in [-0.2, 0) is 0 Å². The topological polar surface area (TPSA) is 6.48 Å². The minimum Gasteiger partial charge on any atom is -0.352 e. The number of alkyl halides is 1. The molecule has 0 saturated carbocycles. The lowest BCUT2D eigenvalue weighted by atomic mass is 10.2. The zero-order valence-corrected chi connectivity index (χ0v) is 10.4. The zero-order valence-electron chi connectivity index (χ0n) is 9.62. The minimum atomic E-state index is 0.714. The molecule has 86 valence electrons. The molecule has 0 spiro atoms. The van der Waals surface area contributed by atoms with Crippen molar-refractivity contribution in [2.75, 3.05) is 28.9 Å². The number of allylic oxidation sites excluding steroid dienone is 1. The summed E-state index contributed by atoms with van der Waals surface area (Å²) in [5, 5.41) is 0. The number of benzene rings is 1. The summed E-state index contributed by atoms with van der Waals surface area (Å²) in [5.41, 5.74) is 3.63. The van der Waals surface area contributed by atoms with E-state index in [0.717, 1.165) is 25.3 Å². The SMILES string of the molecule is C=C(C)N1CN(CCCCl)c2ccccc21. The standard InChI is InChI=1S/C13H17ClN2/c1-11(2)16-10-15(9-5-8-14)12-6-3-4-7-13(12)16/h3-4,6-7H,1,5,8-10H2,2H3. The second-order valence-corrected chi connectivity index (χ2v) is 4.48. The third-order valence-corrected chi connectivity index (χ3v) is 3.12. The van der Waals surface area contributed by atoms with Crippen LogP contribution in [0.25, 0.3) is 0 Å². The van der Waals surface area contributed by atoms with E-state index in [2.05, 4.69) is 40.6 Å². The molecule has 2 nitrogen and oxygen atoms in total. The fraction of sp³-hybridized carbons (Fsp3) is 0.385. The van der Waals surface area contributed by atoms with Crippen molar-refractivity contribution in [2.24, 2.45) is 0 Å². The number of fused-ring (bicyclic) bond motifs is 1. The Morgan fingerprint density at radius 2 is 2.06 bits per heavy atom. The van der Waals surface area contributed by atoms with Gasteiger partial charge >= 0.3 is 0 Å². The molecule has 0 fully saturated rings. The van der Waals surface area contributed by atoms with Crippen LogP contribution in [0, 0.1) is 0 Å². The van der Waals surface area contributed by atoms with Crippen LogP contribution in [0.5, 0.6) is 0 Å². The molecular formula is C13H17ClN2. The Kier molecular flexibility index (Phi) is 3.39. The molecule has 2 rings (SSSR count). The number of anilines is 2. The molecule has 0 aromatic heterocycles. The van der Waals surface area contributed by atoms with Crippen molar-refractivity contribution in [2.45, 2.75) is 13.3 Å². The third-order valence-electron chi connectivity index (χ3n) is 2.85. The normalized spacial score (nSPS) is 14.1. The van der Waals surface area contributed by atoms with E-state index in [-0.39, 0.29) is 0 Å². The van der Waals surface area contributed by atoms with Crippen LogP contribution in [0.4, 0.5) is 11.4 Å². The molecule has 0 radical (unpaired) electrons. The highest BCUT2D eigenvalue weighted by atomic mass is 35.5. The lowest BCUT2D eigenvalue weighted by molar-refractivity contribution is 0.786. The van der Waals surface area contributed by atoms with Crippen LogP contribution in [0.15, 0.2) is 36.5 Å². The van der Waals surface area contributed by atoms with Gasteiger partial charge in [-0.15, -0.1) is 11.6 Å². The van der Waals surface area contributed by atoms with Gasteiger partial charge in [0, 0.05) is 18.1 Å². The Morgan fingerprint density at radius 1 is 1.38 bits per heavy atom. The van der Waals surface area contributed by atoms with Crippen molar-refractivity contribution in [1.29, 1.82) is 0 Å². The van der Waals surface area contributed by atoms with Gasteiger partial charge in [-0.05, 0) is 25.5 Å². The van der Waals surface area contributed by atoms with Crippen molar-refractivity contribution < 1.29 is 0 Å². The van der Waals surface area contributed by atoms with Crippen LogP contribution in [0.2, 0.25) is 0 Å². The maximum atomic E-state index is 5.75. The number of hydrogen-bond donors (Lipinski definition) is 0. The Bertz CT molecular complexity index is 389. The lowest BCUT2D eigenvalue weighted by Crippen LogP contribution is -2.30. The average molecular weight is 237 g/mol. The van der Waals surface area contributed by atoms with E-state index in [1.54, 1.807) is 0 Å². The van der Waals surface area contributed by atoms with Gasteiger partial charge in [-0.3, -0.25) is 0 Å². The summed E-state index contributed by atoms with van der Waals surface area (Å²) >= 11 is 5.75. The van der Waals surface area contributed by atoms with Crippen molar-refractivity contribution >= 4 is 23.0 Å². The predicted octanol–water partition coefficient (Wildman–Crippen LogP) is 3.43. The Balaban J connectivity index is 2.24. The fourth-order valence-corrected chi connectivity index (χ4v) is 2.17. The van der Waals surface area contributed by atoms with Crippen LogP contribution >= 0.6 is 11.6 Å². The summed E-state index contributed by atoms with van der Waals surface area (Å²) in [6.45, 7) is 7.97. The molecule has 0 bridgehead atoms. The first-order valence-corrected chi connectivity index (χ1v) is 6.10. The molecule has 3 heteroatoms. The molecule has 1 aromatic rings.